The summed E-state index contributed by atoms with van der Waals surface area (Å²) >= 11 is 0. The van der Waals surface area contributed by atoms with Crippen LogP contribution in [0.2, 0.25) is 0 Å². The summed E-state index contributed by atoms with van der Waals surface area (Å²) in [6, 6.07) is 12.2. The Bertz CT molecular complexity index is 1220. The number of hydrogen-bond donors (Lipinski definition) is 1. The molecule has 0 fully saturated rings. The van der Waals surface area contributed by atoms with Gasteiger partial charge in [0, 0.05) is 24.5 Å². The van der Waals surface area contributed by atoms with Crippen LogP contribution in [0.3, 0.4) is 0 Å². The molecule has 0 saturated heterocycles. The lowest BCUT2D eigenvalue weighted by Gasteiger charge is -2.07. The monoisotopic (exact) mass is 427 g/mol. The zero-order chi connectivity index (χ0) is 21.8. The molecule has 4 aromatic rings. The summed E-state index contributed by atoms with van der Waals surface area (Å²) in [6.07, 6.45) is 3.14. The lowest BCUT2D eigenvalue weighted by atomic mass is 10.2. The quantitative estimate of drug-likeness (QED) is 0.487. The van der Waals surface area contributed by atoms with Crippen LogP contribution in [-0.2, 0) is 13.3 Å². The van der Waals surface area contributed by atoms with Crippen molar-refractivity contribution in [2.75, 3.05) is 5.32 Å². The molecular formula is C21H16F3N5O2. The second-order valence-corrected chi connectivity index (χ2v) is 6.57. The van der Waals surface area contributed by atoms with Gasteiger partial charge >= 0.3 is 0 Å². The zero-order valence-electron chi connectivity index (χ0n) is 16.0. The van der Waals surface area contributed by atoms with Crippen LogP contribution in [0, 0.1) is 17.5 Å². The van der Waals surface area contributed by atoms with Crippen LogP contribution in [0.25, 0.3) is 0 Å². The Hall–Kier alpha value is -4.08. The van der Waals surface area contributed by atoms with Gasteiger partial charge in [0.25, 0.3) is 5.91 Å². The van der Waals surface area contributed by atoms with E-state index < -0.39 is 17.5 Å². The van der Waals surface area contributed by atoms with Crippen molar-refractivity contribution in [3.05, 3.63) is 95.7 Å². The molecule has 0 unspecified atom stereocenters. The third kappa shape index (κ3) is 5.10. The smallest absolute Gasteiger partial charge is 0.277 e. The molecule has 2 heterocycles. The van der Waals surface area contributed by atoms with E-state index in [0.717, 1.165) is 11.6 Å². The molecule has 1 amide bonds. The first-order chi connectivity index (χ1) is 15.0. The number of rotatable bonds is 7. The molecule has 10 heteroatoms. The second-order valence-electron chi connectivity index (χ2n) is 6.57. The van der Waals surface area contributed by atoms with Gasteiger partial charge in [0.1, 0.15) is 11.6 Å². The van der Waals surface area contributed by atoms with Crippen molar-refractivity contribution in [1.82, 2.24) is 19.6 Å². The van der Waals surface area contributed by atoms with Crippen LogP contribution < -0.4 is 10.1 Å². The van der Waals surface area contributed by atoms with Crippen molar-refractivity contribution in [2.24, 2.45) is 0 Å². The molecule has 0 saturated carbocycles. The third-order valence-electron chi connectivity index (χ3n) is 4.24. The van der Waals surface area contributed by atoms with E-state index in [-0.39, 0.29) is 24.0 Å². The number of nitrogens with zero attached hydrogens (tertiary/aromatic N) is 4. The summed E-state index contributed by atoms with van der Waals surface area (Å²) in [6.45, 7) is 0.178. The molecule has 7 nitrogen and oxygen atoms in total. The number of hydrogen-bond acceptors (Lipinski definition) is 4. The average molecular weight is 427 g/mol. The average Bonchev–Trinajstić information content (AvgIpc) is 3.37. The summed E-state index contributed by atoms with van der Waals surface area (Å²) < 4.78 is 47.9. The van der Waals surface area contributed by atoms with Gasteiger partial charge in [-0.1, -0.05) is 12.1 Å². The molecule has 4 rings (SSSR count). The van der Waals surface area contributed by atoms with Crippen molar-refractivity contribution in [3.8, 4) is 5.75 Å². The molecular weight excluding hydrogens is 411 g/mol. The van der Waals surface area contributed by atoms with Gasteiger partial charge in [-0.2, -0.15) is 10.2 Å². The predicted molar refractivity (Wildman–Crippen MR) is 105 cm³/mol. The highest BCUT2D eigenvalue weighted by molar-refractivity contribution is 6.02. The fourth-order valence-electron chi connectivity index (χ4n) is 2.80. The van der Waals surface area contributed by atoms with Crippen LogP contribution in [-0.4, -0.2) is 25.5 Å². The van der Waals surface area contributed by atoms with E-state index in [4.69, 9.17) is 4.74 Å². The van der Waals surface area contributed by atoms with Crippen molar-refractivity contribution in [2.45, 2.75) is 13.3 Å². The number of carbonyl (C=O) groups excluding carboxylic acids is 1. The van der Waals surface area contributed by atoms with E-state index in [9.17, 15) is 18.0 Å². The molecule has 2 aromatic heterocycles. The Kier molecular flexibility index (Phi) is 5.69. The molecule has 0 atom stereocenters. The van der Waals surface area contributed by atoms with Gasteiger partial charge in [-0.25, -0.2) is 17.9 Å². The molecule has 0 radical (unpaired) electrons. The number of amides is 1. The molecule has 1 N–H and O–H groups in total. The molecule has 158 valence electrons. The van der Waals surface area contributed by atoms with E-state index in [2.05, 4.69) is 15.5 Å². The number of carbonyl (C=O) groups is 1. The van der Waals surface area contributed by atoms with Crippen LogP contribution in [0.1, 0.15) is 16.1 Å². The van der Waals surface area contributed by atoms with Crippen molar-refractivity contribution in [1.29, 1.82) is 0 Å². The van der Waals surface area contributed by atoms with Gasteiger partial charge in [-0.15, -0.1) is 0 Å². The molecule has 0 aliphatic carbocycles. The van der Waals surface area contributed by atoms with Gasteiger partial charge < -0.3 is 10.1 Å². The topological polar surface area (TPSA) is 74.0 Å². The van der Waals surface area contributed by atoms with E-state index in [0.29, 0.717) is 18.4 Å². The maximum atomic E-state index is 13.6. The lowest BCUT2D eigenvalue weighted by Crippen LogP contribution is -2.15. The van der Waals surface area contributed by atoms with E-state index in [1.165, 1.54) is 35.1 Å². The predicted octanol–water partition coefficient (Wildman–Crippen LogP) is 3.83. The normalized spacial score (nSPS) is 10.8. The van der Waals surface area contributed by atoms with Gasteiger partial charge in [-0.05, 0) is 35.9 Å². The lowest BCUT2D eigenvalue weighted by molar-refractivity contribution is 0.101. The minimum absolute atomic E-state index is 0.0999. The van der Waals surface area contributed by atoms with Crippen molar-refractivity contribution < 1.29 is 22.7 Å². The van der Waals surface area contributed by atoms with Gasteiger partial charge in [0.2, 0.25) is 0 Å². The maximum absolute atomic E-state index is 13.6. The van der Waals surface area contributed by atoms with Gasteiger partial charge in [0.15, 0.2) is 29.8 Å². The van der Waals surface area contributed by atoms with Crippen LogP contribution in [0.5, 0.6) is 5.75 Å². The Labute approximate surface area is 174 Å². The Morgan fingerprint density at radius 1 is 0.935 bits per heavy atom. The largest absolute Gasteiger partial charge is 0.468 e. The van der Waals surface area contributed by atoms with E-state index in [1.54, 1.807) is 29.1 Å². The first-order valence-electron chi connectivity index (χ1n) is 9.17. The number of nitrogens with one attached hydrogen (secondary N) is 1. The fraction of sp³-hybridized carbons (Fsp3) is 0.0952. The highest BCUT2D eigenvalue weighted by Gasteiger charge is 2.12. The minimum Gasteiger partial charge on any atom is -0.468 e. The number of halogens is 3. The van der Waals surface area contributed by atoms with Crippen molar-refractivity contribution in [3.63, 3.8) is 0 Å². The Morgan fingerprint density at radius 3 is 2.55 bits per heavy atom. The number of anilines is 1. The van der Waals surface area contributed by atoms with Crippen LogP contribution in [0.15, 0.2) is 67.0 Å². The SMILES string of the molecule is O=C(Nc1ccn(Cc2cccc(F)c2)n1)c1ccn(COc2ccc(F)cc2F)n1. The van der Waals surface area contributed by atoms with E-state index >= 15 is 0 Å². The highest BCUT2D eigenvalue weighted by Crippen LogP contribution is 2.18. The number of ether oxygens (including phenoxy) is 1. The fourth-order valence-corrected chi connectivity index (χ4v) is 2.80. The molecule has 2 aromatic carbocycles. The first-order valence-corrected chi connectivity index (χ1v) is 9.17. The first kappa shape index (κ1) is 20.2. The van der Waals surface area contributed by atoms with Gasteiger partial charge in [-0.3, -0.25) is 9.48 Å². The molecule has 0 aliphatic heterocycles. The number of aromatic nitrogens is 4. The number of benzene rings is 2. The summed E-state index contributed by atoms with van der Waals surface area (Å²) in [5.41, 5.74) is 0.833. The van der Waals surface area contributed by atoms with Gasteiger partial charge in [0.05, 0.1) is 6.54 Å². The van der Waals surface area contributed by atoms with Crippen molar-refractivity contribution >= 4 is 11.7 Å². The summed E-state index contributed by atoms with van der Waals surface area (Å²) in [4.78, 5) is 12.4. The Balaban J connectivity index is 1.34. The highest BCUT2D eigenvalue weighted by atomic mass is 19.1. The molecule has 0 spiro atoms. The summed E-state index contributed by atoms with van der Waals surface area (Å²) in [5.74, 6) is -2.20. The van der Waals surface area contributed by atoms with Crippen LogP contribution >= 0.6 is 0 Å². The minimum atomic E-state index is -0.834. The van der Waals surface area contributed by atoms with E-state index in [1.807, 2.05) is 0 Å². The Morgan fingerprint density at radius 2 is 1.74 bits per heavy atom. The standard InChI is InChI=1S/C21H16F3N5O2/c22-15-3-1-2-14(10-15)12-28-9-7-20(27-28)25-21(30)18-6-8-29(26-18)13-31-19-5-4-16(23)11-17(19)24/h1-11H,12-13H2,(H,25,27,30). The third-order valence-corrected chi connectivity index (χ3v) is 4.24. The summed E-state index contributed by atoms with van der Waals surface area (Å²) in [7, 11) is 0. The maximum Gasteiger partial charge on any atom is 0.277 e. The molecule has 31 heavy (non-hydrogen) atoms. The zero-order valence-corrected chi connectivity index (χ0v) is 16.0. The van der Waals surface area contributed by atoms with Crippen LogP contribution in [0.4, 0.5) is 19.0 Å². The molecule has 0 aliphatic rings. The molecule has 0 bridgehead atoms. The second kappa shape index (κ2) is 8.74. The summed E-state index contributed by atoms with van der Waals surface area (Å²) in [5, 5.41) is 10.9.